The summed E-state index contributed by atoms with van der Waals surface area (Å²) in [7, 11) is 0. The van der Waals surface area contributed by atoms with Crippen LogP contribution in [0.25, 0.3) is 0 Å². The first-order chi connectivity index (χ1) is 13.0. The molecule has 1 aliphatic heterocycles. The summed E-state index contributed by atoms with van der Waals surface area (Å²) >= 11 is 0. The minimum atomic E-state index is -0.376. The molecular weight excluding hydrogens is 349 g/mol. The van der Waals surface area contributed by atoms with Gasteiger partial charge in [-0.15, -0.1) is 0 Å². The van der Waals surface area contributed by atoms with Gasteiger partial charge in [0.15, 0.2) is 0 Å². The lowest BCUT2D eigenvalue weighted by Crippen LogP contribution is -2.38. The lowest BCUT2D eigenvalue weighted by molar-refractivity contribution is 0.262. The third kappa shape index (κ3) is 3.61. The van der Waals surface area contributed by atoms with Crippen molar-refractivity contribution in [3.63, 3.8) is 0 Å². The first-order valence-corrected chi connectivity index (χ1v) is 8.81. The maximum atomic E-state index is 13.1. The minimum Gasteiger partial charge on any atom is -0.311 e. The second-order valence-electron chi connectivity index (χ2n) is 6.86. The lowest BCUT2D eigenvalue weighted by atomic mass is 10.2. The van der Waals surface area contributed by atoms with E-state index >= 15 is 0 Å². The molecule has 1 aliphatic rings. The predicted molar refractivity (Wildman–Crippen MR) is 97.9 cm³/mol. The standard InChI is InChI=1S/C19H20FN5O2/c1-13-8-18(26)24(19(27)22-13)7-6-23-11-15-9-21-25(17(15)12-23)10-14-2-4-16(20)5-3-14/h2-5,8-9H,6-7,10-12H2,1H3,(H,22,27). The number of aryl methyl sites for hydroxylation is 1. The molecule has 3 aromatic rings. The highest BCUT2D eigenvalue weighted by molar-refractivity contribution is 5.24. The van der Waals surface area contributed by atoms with Crippen LogP contribution in [0.5, 0.6) is 0 Å². The largest absolute Gasteiger partial charge is 0.328 e. The highest BCUT2D eigenvalue weighted by Crippen LogP contribution is 2.23. The number of benzene rings is 1. The van der Waals surface area contributed by atoms with Crippen LogP contribution in [-0.2, 0) is 26.2 Å². The van der Waals surface area contributed by atoms with Crippen molar-refractivity contribution in [1.29, 1.82) is 0 Å². The van der Waals surface area contributed by atoms with Crippen molar-refractivity contribution in [2.45, 2.75) is 33.1 Å². The first-order valence-electron chi connectivity index (χ1n) is 8.81. The number of aromatic amines is 1. The molecule has 0 saturated heterocycles. The van der Waals surface area contributed by atoms with E-state index in [0.29, 0.717) is 31.9 Å². The van der Waals surface area contributed by atoms with Gasteiger partial charge in [-0.25, -0.2) is 9.18 Å². The van der Waals surface area contributed by atoms with Crippen molar-refractivity contribution in [2.24, 2.45) is 0 Å². The van der Waals surface area contributed by atoms with Crippen molar-refractivity contribution in [1.82, 2.24) is 24.2 Å². The van der Waals surface area contributed by atoms with E-state index in [1.807, 2.05) is 10.9 Å². The van der Waals surface area contributed by atoms with E-state index in [0.717, 1.165) is 23.4 Å². The van der Waals surface area contributed by atoms with E-state index in [4.69, 9.17) is 0 Å². The topological polar surface area (TPSA) is 75.9 Å². The summed E-state index contributed by atoms with van der Waals surface area (Å²) in [6, 6.07) is 7.84. The highest BCUT2D eigenvalue weighted by atomic mass is 19.1. The zero-order valence-corrected chi connectivity index (χ0v) is 15.0. The SMILES string of the molecule is Cc1cc(=O)n(CCN2Cc3cnn(Cc4ccc(F)cc4)c3C2)c(=O)[nH]1. The number of fused-ring (bicyclic) bond motifs is 1. The average molecular weight is 369 g/mol. The van der Waals surface area contributed by atoms with E-state index in [-0.39, 0.29) is 17.1 Å². The summed E-state index contributed by atoms with van der Waals surface area (Å²) in [5, 5.41) is 4.43. The van der Waals surface area contributed by atoms with Crippen molar-refractivity contribution < 1.29 is 4.39 Å². The molecule has 7 nitrogen and oxygen atoms in total. The summed E-state index contributed by atoms with van der Waals surface area (Å²) < 4.78 is 16.2. The summed E-state index contributed by atoms with van der Waals surface area (Å²) in [4.78, 5) is 28.8. The Bertz CT molecular complexity index is 1050. The number of hydrogen-bond acceptors (Lipinski definition) is 4. The Morgan fingerprint density at radius 1 is 1.15 bits per heavy atom. The number of aromatic nitrogens is 4. The van der Waals surface area contributed by atoms with Crippen LogP contribution in [0.4, 0.5) is 4.39 Å². The van der Waals surface area contributed by atoms with Crippen molar-refractivity contribution in [3.05, 3.63) is 85.7 Å². The van der Waals surface area contributed by atoms with E-state index in [1.54, 1.807) is 19.1 Å². The molecule has 0 fully saturated rings. The number of nitrogens with one attached hydrogen (secondary N) is 1. The second-order valence-corrected chi connectivity index (χ2v) is 6.86. The Balaban J connectivity index is 1.43. The molecular formula is C19H20FN5O2. The Kier molecular flexibility index (Phi) is 4.49. The van der Waals surface area contributed by atoms with Gasteiger partial charge in [-0.1, -0.05) is 12.1 Å². The van der Waals surface area contributed by atoms with Gasteiger partial charge < -0.3 is 4.98 Å². The molecule has 0 radical (unpaired) electrons. The number of rotatable bonds is 5. The molecule has 0 spiro atoms. The van der Waals surface area contributed by atoms with Crippen molar-refractivity contribution in [2.75, 3.05) is 6.54 Å². The number of hydrogen-bond donors (Lipinski definition) is 1. The molecule has 0 bridgehead atoms. The fraction of sp³-hybridized carbons (Fsp3) is 0.316. The van der Waals surface area contributed by atoms with E-state index in [2.05, 4.69) is 15.0 Å². The minimum absolute atomic E-state index is 0.253. The van der Waals surface area contributed by atoms with Crippen LogP contribution < -0.4 is 11.2 Å². The fourth-order valence-electron chi connectivity index (χ4n) is 3.42. The van der Waals surface area contributed by atoms with Crippen LogP contribution in [-0.4, -0.2) is 30.8 Å². The maximum Gasteiger partial charge on any atom is 0.328 e. The molecule has 140 valence electrons. The van der Waals surface area contributed by atoms with Crippen molar-refractivity contribution >= 4 is 0 Å². The summed E-state index contributed by atoms with van der Waals surface area (Å²) in [5.74, 6) is -0.253. The Labute approximate surface area is 154 Å². The smallest absolute Gasteiger partial charge is 0.311 e. The molecule has 0 aliphatic carbocycles. The van der Waals surface area contributed by atoms with E-state index in [1.165, 1.54) is 22.8 Å². The fourth-order valence-corrected chi connectivity index (χ4v) is 3.42. The Morgan fingerprint density at radius 3 is 2.67 bits per heavy atom. The average Bonchev–Trinajstić information content (AvgIpc) is 3.17. The zero-order chi connectivity index (χ0) is 19.0. The lowest BCUT2D eigenvalue weighted by Gasteiger charge is -2.16. The van der Waals surface area contributed by atoms with Crippen LogP contribution in [0.15, 0.2) is 46.1 Å². The third-order valence-corrected chi connectivity index (χ3v) is 4.84. The molecule has 3 heterocycles. The summed E-state index contributed by atoms with van der Waals surface area (Å²) in [6.45, 7) is 4.64. The molecule has 1 aromatic carbocycles. The zero-order valence-electron chi connectivity index (χ0n) is 15.0. The molecule has 27 heavy (non-hydrogen) atoms. The van der Waals surface area contributed by atoms with Gasteiger partial charge in [0.25, 0.3) is 5.56 Å². The molecule has 4 rings (SSSR count). The van der Waals surface area contributed by atoms with Gasteiger partial charge in [0.05, 0.1) is 18.4 Å². The van der Waals surface area contributed by atoms with Crippen LogP contribution >= 0.6 is 0 Å². The van der Waals surface area contributed by atoms with Gasteiger partial charge in [-0.3, -0.25) is 18.9 Å². The number of nitrogens with zero attached hydrogens (tertiary/aromatic N) is 4. The molecule has 0 saturated carbocycles. The number of halogens is 1. The maximum absolute atomic E-state index is 13.1. The van der Waals surface area contributed by atoms with Crippen LogP contribution in [0.3, 0.4) is 0 Å². The van der Waals surface area contributed by atoms with E-state index in [9.17, 15) is 14.0 Å². The molecule has 0 atom stereocenters. The second kappa shape index (κ2) is 6.96. The molecule has 8 heteroatoms. The molecule has 0 unspecified atom stereocenters. The van der Waals surface area contributed by atoms with Crippen molar-refractivity contribution in [3.8, 4) is 0 Å². The summed E-state index contributed by atoms with van der Waals surface area (Å²) in [6.07, 6.45) is 1.85. The molecule has 1 N–H and O–H groups in total. The quantitative estimate of drug-likeness (QED) is 0.734. The predicted octanol–water partition coefficient (Wildman–Crippen LogP) is 1.24. The highest BCUT2D eigenvalue weighted by Gasteiger charge is 2.23. The van der Waals surface area contributed by atoms with Gasteiger partial charge in [0.2, 0.25) is 0 Å². The monoisotopic (exact) mass is 369 g/mol. The van der Waals surface area contributed by atoms with Crippen LogP contribution in [0.1, 0.15) is 22.5 Å². The number of H-pyrrole nitrogens is 1. The first kappa shape index (κ1) is 17.4. The molecule has 0 amide bonds. The summed E-state index contributed by atoms with van der Waals surface area (Å²) in [5.41, 5.74) is 3.15. The van der Waals surface area contributed by atoms with Crippen LogP contribution in [0.2, 0.25) is 0 Å². The Morgan fingerprint density at radius 2 is 1.93 bits per heavy atom. The van der Waals surface area contributed by atoms with Gasteiger partial charge in [-0.05, 0) is 24.6 Å². The van der Waals surface area contributed by atoms with Gasteiger partial charge in [0.1, 0.15) is 5.82 Å². The normalized spacial score (nSPS) is 13.9. The van der Waals surface area contributed by atoms with Gasteiger partial charge in [-0.2, -0.15) is 5.10 Å². The van der Waals surface area contributed by atoms with Crippen LogP contribution in [0, 0.1) is 12.7 Å². The molecule has 2 aromatic heterocycles. The third-order valence-electron chi connectivity index (χ3n) is 4.84. The van der Waals surface area contributed by atoms with Gasteiger partial charge >= 0.3 is 5.69 Å². The van der Waals surface area contributed by atoms with Gasteiger partial charge in [0, 0.05) is 43.5 Å². The van der Waals surface area contributed by atoms with E-state index < -0.39 is 0 Å². The Hall–Kier alpha value is -3.00.